The van der Waals surface area contributed by atoms with Crippen molar-refractivity contribution in [1.29, 1.82) is 0 Å². The van der Waals surface area contributed by atoms with Gasteiger partial charge in [-0.15, -0.1) is 0 Å². The highest BCUT2D eigenvalue weighted by molar-refractivity contribution is 9.09. The predicted octanol–water partition coefficient (Wildman–Crippen LogP) is 0.468. The van der Waals surface area contributed by atoms with Gasteiger partial charge in [0.15, 0.2) is 0 Å². The van der Waals surface area contributed by atoms with Crippen LogP contribution in [0, 0.1) is 0 Å². The average Bonchev–Trinajstić information content (AvgIpc) is 1.82. The van der Waals surface area contributed by atoms with E-state index in [4.69, 9.17) is 0 Å². The normalized spacial score (nSPS) is 9.00. The number of aliphatic carboxylic acids is 1. The van der Waals surface area contributed by atoms with Crippen LogP contribution in [0.2, 0.25) is 0 Å². The monoisotopic (exact) mass is 191 g/mol. The summed E-state index contributed by atoms with van der Waals surface area (Å²) in [5, 5.41) is 10.8. The minimum Gasteiger partial charge on any atom is -0.545 e. The van der Waals surface area contributed by atoms with Crippen molar-refractivity contribution in [3.05, 3.63) is 12.2 Å². The number of carbonyl (C=O) groups excluding carboxylic acids is 1. The highest BCUT2D eigenvalue weighted by atomic mass is 79.9. The molecule has 0 saturated carbocycles. The topological polar surface area (TPSA) is 40.1 Å². The largest absolute Gasteiger partial charge is 0.545 e. The average molecular weight is 192 g/mol. The molecule has 0 spiro atoms. The van der Waals surface area contributed by atoms with Crippen LogP contribution in [0.5, 0.6) is 0 Å². The third-order valence-corrected chi connectivity index (χ3v) is 1.46. The van der Waals surface area contributed by atoms with Gasteiger partial charge in [-0.2, -0.15) is 0 Å². The first-order valence-electron chi connectivity index (χ1n) is 2.63. The van der Waals surface area contributed by atoms with Crippen LogP contribution in [0.15, 0.2) is 12.2 Å². The fourth-order valence-corrected chi connectivity index (χ4v) is 0.663. The Hall–Kier alpha value is -0.310. The zero-order chi connectivity index (χ0) is 7.28. The van der Waals surface area contributed by atoms with E-state index >= 15 is 0 Å². The summed E-state index contributed by atoms with van der Waals surface area (Å²) in [4.78, 5) is 9.98. The number of alkyl halides is 1. The standard InChI is InChI=1S/C6H9BrO2/c1-5(6(8)9)3-2-4-7/h1-4H2,(H,8,9)/p-1. The fraction of sp³-hybridized carbons (Fsp3) is 0.500. The zero-order valence-corrected chi connectivity index (χ0v) is 6.61. The number of halogens is 1. The summed E-state index contributed by atoms with van der Waals surface area (Å²) in [6.07, 6.45) is 1.31. The summed E-state index contributed by atoms with van der Waals surface area (Å²) in [5.74, 6) is -1.14. The van der Waals surface area contributed by atoms with E-state index in [1.165, 1.54) is 0 Å². The molecule has 52 valence electrons. The molecule has 0 aromatic heterocycles. The van der Waals surface area contributed by atoms with Crippen molar-refractivity contribution in [3.63, 3.8) is 0 Å². The summed E-state index contributed by atoms with van der Waals surface area (Å²) in [6, 6.07) is 0. The molecule has 0 unspecified atom stereocenters. The Bertz CT molecular complexity index is 120. The summed E-state index contributed by atoms with van der Waals surface area (Å²) < 4.78 is 0. The quantitative estimate of drug-likeness (QED) is 0.479. The van der Waals surface area contributed by atoms with Gasteiger partial charge >= 0.3 is 0 Å². The number of rotatable bonds is 4. The van der Waals surface area contributed by atoms with E-state index in [2.05, 4.69) is 22.5 Å². The lowest BCUT2D eigenvalue weighted by molar-refractivity contribution is -0.299. The smallest absolute Gasteiger partial charge is 0.0668 e. The second kappa shape index (κ2) is 4.56. The van der Waals surface area contributed by atoms with E-state index in [0.29, 0.717) is 6.42 Å². The van der Waals surface area contributed by atoms with Gasteiger partial charge in [0.05, 0.1) is 5.97 Å². The molecule has 0 amide bonds. The van der Waals surface area contributed by atoms with Crippen molar-refractivity contribution >= 4 is 21.9 Å². The lowest BCUT2D eigenvalue weighted by Crippen LogP contribution is -2.23. The molecule has 0 aromatic rings. The van der Waals surface area contributed by atoms with Gasteiger partial charge in [0.1, 0.15) is 0 Å². The summed E-state index contributed by atoms with van der Waals surface area (Å²) in [5.41, 5.74) is 0.175. The van der Waals surface area contributed by atoms with Crippen molar-refractivity contribution in [2.75, 3.05) is 5.33 Å². The van der Waals surface area contributed by atoms with Crippen LogP contribution in [0.4, 0.5) is 0 Å². The third-order valence-electron chi connectivity index (χ3n) is 0.901. The molecular weight excluding hydrogens is 184 g/mol. The number of carbonyl (C=O) groups is 1. The Balaban J connectivity index is 3.39. The van der Waals surface area contributed by atoms with Gasteiger partial charge in [0.25, 0.3) is 0 Å². The minimum absolute atomic E-state index is 0.175. The third kappa shape index (κ3) is 4.21. The second-order valence-corrected chi connectivity index (χ2v) is 2.48. The maximum atomic E-state index is 9.98. The van der Waals surface area contributed by atoms with Crippen molar-refractivity contribution in [3.8, 4) is 0 Å². The first-order valence-corrected chi connectivity index (χ1v) is 3.75. The molecule has 2 nitrogen and oxygen atoms in total. The molecule has 0 bridgehead atoms. The first-order chi connectivity index (χ1) is 4.18. The van der Waals surface area contributed by atoms with E-state index in [1.807, 2.05) is 0 Å². The lowest BCUT2D eigenvalue weighted by Gasteiger charge is -2.02. The van der Waals surface area contributed by atoms with Gasteiger partial charge in [-0.25, -0.2) is 0 Å². The predicted molar refractivity (Wildman–Crippen MR) is 37.2 cm³/mol. The summed E-state index contributed by atoms with van der Waals surface area (Å²) >= 11 is 3.17. The Labute approximate surface area is 62.7 Å². The fourth-order valence-electron chi connectivity index (χ4n) is 0.382. The van der Waals surface area contributed by atoms with Gasteiger partial charge in [0.2, 0.25) is 0 Å². The Kier molecular flexibility index (Phi) is 4.40. The highest BCUT2D eigenvalue weighted by Crippen LogP contribution is 2.02. The molecule has 0 aliphatic rings. The number of carboxylic acids is 1. The lowest BCUT2D eigenvalue weighted by atomic mass is 10.2. The maximum Gasteiger partial charge on any atom is 0.0668 e. The van der Waals surface area contributed by atoms with Gasteiger partial charge in [-0.1, -0.05) is 22.5 Å². The van der Waals surface area contributed by atoms with Gasteiger partial charge in [0, 0.05) is 5.33 Å². The Morgan fingerprint density at radius 2 is 2.22 bits per heavy atom. The van der Waals surface area contributed by atoms with Crippen molar-refractivity contribution in [1.82, 2.24) is 0 Å². The Morgan fingerprint density at radius 3 is 2.56 bits per heavy atom. The van der Waals surface area contributed by atoms with E-state index in [1.54, 1.807) is 0 Å². The number of hydrogen-bond donors (Lipinski definition) is 0. The molecule has 0 aliphatic carbocycles. The van der Waals surface area contributed by atoms with Crippen molar-refractivity contribution in [2.24, 2.45) is 0 Å². The number of hydrogen-bond acceptors (Lipinski definition) is 2. The SMILES string of the molecule is C=C(CCCBr)C(=O)[O-]. The van der Waals surface area contributed by atoms with Crippen LogP contribution in [0.3, 0.4) is 0 Å². The molecule has 0 N–H and O–H groups in total. The van der Waals surface area contributed by atoms with E-state index in [-0.39, 0.29) is 5.57 Å². The van der Waals surface area contributed by atoms with Gasteiger partial charge in [-0.05, 0) is 18.4 Å². The molecule has 0 aromatic carbocycles. The van der Waals surface area contributed by atoms with Crippen LogP contribution < -0.4 is 5.11 Å². The molecule has 0 rings (SSSR count). The highest BCUT2D eigenvalue weighted by Gasteiger charge is 1.92. The van der Waals surface area contributed by atoms with E-state index < -0.39 is 5.97 Å². The summed E-state index contributed by atoms with van der Waals surface area (Å²) in [7, 11) is 0. The molecule has 0 saturated heterocycles. The van der Waals surface area contributed by atoms with Crippen LogP contribution >= 0.6 is 15.9 Å². The van der Waals surface area contributed by atoms with Crippen LogP contribution in [-0.2, 0) is 4.79 Å². The maximum absolute atomic E-state index is 9.98. The molecule has 0 aliphatic heterocycles. The molecular formula is C6H8BrO2-. The minimum atomic E-state index is -1.14. The zero-order valence-electron chi connectivity index (χ0n) is 5.02. The molecule has 0 atom stereocenters. The van der Waals surface area contributed by atoms with Crippen molar-refractivity contribution in [2.45, 2.75) is 12.8 Å². The first kappa shape index (κ1) is 8.69. The van der Waals surface area contributed by atoms with Crippen LogP contribution in [-0.4, -0.2) is 11.3 Å². The molecule has 0 fully saturated rings. The van der Waals surface area contributed by atoms with Crippen LogP contribution in [0.1, 0.15) is 12.8 Å². The number of carboxylic acid groups (broad SMARTS) is 1. The molecule has 3 heteroatoms. The molecule has 0 heterocycles. The summed E-state index contributed by atoms with van der Waals surface area (Å²) in [6.45, 7) is 3.31. The van der Waals surface area contributed by atoms with Crippen LogP contribution in [0.25, 0.3) is 0 Å². The van der Waals surface area contributed by atoms with Gasteiger partial charge < -0.3 is 9.90 Å². The van der Waals surface area contributed by atoms with Crippen molar-refractivity contribution < 1.29 is 9.90 Å². The molecule has 9 heavy (non-hydrogen) atoms. The second-order valence-electron chi connectivity index (χ2n) is 1.68. The van der Waals surface area contributed by atoms with E-state index in [9.17, 15) is 9.90 Å². The van der Waals surface area contributed by atoms with E-state index in [0.717, 1.165) is 11.8 Å². The van der Waals surface area contributed by atoms with Gasteiger partial charge in [-0.3, -0.25) is 0 Å². The molecule has 0 radical (unpaired) electrons. The Morgan fingerprint density at radius 1 is 1.67 bits per heavy atom.